The first-order valence-electron chi connectivity index (χ1n) is 4.01. The van der Waals surface area contributed by atoms with Crippen LogP contribution in [-0.4, -0.2) is 26.0 Å². The van der Waals surface area contributed by atoms with Gasteiger partial charge in [0, 0.05) is 10.8 Å². The molecule has 2 rings (SSSR count). The first-order chi connectivity index (χ1) is 6.27. The smallest absolute Gasteiger partial charge is 0.209 e. The number of aromatic nitrogens is 4. The minimum absolute atomic E-state index is 0.515. The van der Waals surface area contributed by atoms with Crippen molar-refractivity contribution in [1.82, 2.24) is 20.2 Å². The van der Waals surface area contributed by atoms with Gasteiger partial charge in [-0.1, -0.05) is 29.9 Å². The molecule has 0 radical (unpaired) electrons. The second-order valence-electron chi connectivity index (χ2n) is 2.94. The van der Waals surface area contributed by atoms with Crippen molar-refractivity contribution in [3.05, 3.63) is 11.6 Å². The van der Waals surface area contributed by atoms with Crippen LogP contribution >= 0.6 is 23.4 Å². The summed E-state index contributed by atoms with van der Waals surface area (Å²) in [6.45, 7) is 3.61. The molecule has 0 amide bonds. The molecule has 0 aromatic carbocycles. The number of nitrogens with zero attached hydrogens (tertiary/aromatic N) is 4. The number of rotatable bonds is 4. The van der Waals surface area contributed by atoms with E-state index in [1.807, 2.05) is 4.68 Å². The molecule has 4 nitrogen and oxygen atoms in total. The van der Waals surface area contributed by atoms with Gasteiger partial charge in [0.15, 0.2) is 0 Å². The summed E-state index contributed by atoms with van der Waals surface area (Å²) < 4.78 is 1.87. The van der Waals surface area contributed by atoms with Crippen molar-refractivity contribution in [2.75, 3.05) is 5.75 Å². The van der Waals surface area contributed by atoms with E-state index < -0.39 is 0 Å². The van der Waals surface area contributed by atoms with Crippen LogP contribution in [0.25, 0.3) is 0 Å². The van der Waals surface area contributed by atoms with Gasteiger partial charge in [-0.15, -0.1) is 5.10 Å². The zero-order chi connectivity index (χ0) is 9.26. The predicted molar refractivity (Wildman–Crippen MR) is 51.8 cm³/mol. The van der Waals surface area contributed by atoms with E-state index in [0.717, 1.165) is 5.16 Å². The molecule has 0 aliphatic heterocycles. The first-order valence-corrected chi connectivity index (χ1v) is 5.37. The molecule has 70 valence electrons. The maximum Gasteiger partial charge on any atom is 0.209 e. The second-order valence-corrected chi connectivity index (χ2v) is 4.42. The summed E-state index contributed by atoms with van der Waals surface area (Å²) >= 11 is 7.17. The lowest BCUT2D eigenvalue weighted by Gasteiger charge is -1.99. The van der Waals surface area contributed by atoms with Gasteiger partial charge in [-0.25, -0.2) is 4.68 Å². The minimum atomic E-state index is 0.515. The van der Waals surface area contributed by atoms with Gasteiger partial charge in [0.2, 0.25) is 5.16 Å². The molecule has 1 fully saturated rings. The van der Waals surface area contributed by atoms with Crippen molar-refractivity contribution >= 4 is 23.4 Å². The topological polar surface area (TPSA) is 43.6 Å². The number of hydrogen-bond donors (Lipinski definition) is 0. The van der Waals surface area contributed by atoms with Crippen molar-refractivity contribution in [2.24, 2.45) is 0 Å². The summed E-state index contributed by atoms with van der Waals surface area (Å²) in [7, 11) is 0. The van der Waals surface area contributed by atoms with Gasteiger partial charge in [-0.05, 0) is 23.3 Å². The van der Waals surface area contributed by atoms with Crippen LogP contribution in [0.3, 0.4) is 0 Å². The Balaban J connectivity index is 2.02. The average Bonchev–Trinajstić information content (AvgIpc) is 2.82. The lowest BCUT2D eigenvalue weighted by molar-refractivity contribution is 0.565. The van der Waals surface area contributed by atoms with E-state index in [4.69, 9.17) is 11.6 Å². The standard InChI is InChI=1S/C7H9ClN4S/c1-5(8)4-13-7-9-10-11-12(7)6-2-3-6/h6H,1-4H2. The molecular formula is C7H9ClN4S. The molecule has 0 saturated heterocycles. The van der Waals surface area contributed by atoms with E-state index in [0.29, 0.717) is 16.8 Å². The van der Waals surface area contributed by atoms with Crippen molar-refractivity contribution in [2.45, 2.75) is 24.0 Å². The van der Waals surface area contributed by atoms with Gasteiger partial charge in [-0.2, -0.15) is 0 Å². The maximum absolute atomic E-state index is 5.65. The third kappa shape index (κ3) is 2.22. The molecule has 1 aliphatic rings. The molecular weight excluding hydrogens is 208 g/mol. The van der Waals surface area contributed by atoms with Crippen molar-refractivity contribution in [1.29, 1.82) is 0 Å². The maximum atomic E-state index is 5.65. The van der Waals surface area contributed by atoms with Crippen molar-refractivity contribution in [3.63, 3.8) is 0 Å². The number of tetrazole rings is 1. The molecule has 0 N–H and O–H groups in total. The Hall–Kier alpha value is -0.550. The summed E-state index contributed by atoms with van der Waals surface area (Å²) in [6, 6.07) is 0.515. The van der Waals surface area contributed by atoms with Gasteiger partial charge in [-0.3, -0.25) is 0 Å². The van der Waals surface area contributed by atoms with E-state index in [-0.39, 0.29) is 0 Å². The molecule has 1 saturated carbocycles. The fraction of sp³-hybridized carbons (Fsp3) is 0.571. The van der Waals surface area contributed by atoms with Crippen LogP contribution in [0.15, 0.2) is 16.8 Å². The highest BCUT2D eigenvalue weighted by Crippen LogP contribution is 2.36. The third-order valence-corrected chi connectivity index (χ3v) is 3.03. The molecule has 1 heterocycles. The molecule has 0 unspecified atom stereocenters. The minimum Gasteiger partial charge on any atom is -0.217 e. The van der Waals surface area contributed by atoms with E-state index in [9.17, 15) is 0 Å². The highest BCUT2D eigenvalue weighted by Gasteiger charge is 2.27. The summed E-state index contributed by atoms with van der Waals surface area (Å²) in [4.78, 5) is 0. The van der Waals surface area contributed by atoms with Crippen LogP contribution in [0.4, 0.5) is 0 Å². The zero-order valence-electron chi connectivity index (χ0n) is 6.98. The summed E-state index contributed by atoms with van der Waals surface area (Å²) in [5.74, 6) is 0.661. The molecule has 0 bridgehead atoms. The van der Waals surface area contributed by atoms with Crippen LogP contribution in [0.2, 0.25) is 0 Å². The predicted octanol–water partition coefficient (Wildman–Crippen LogP) is 1.85. The molecule has 13 heavy (non-hydrogen) atoms. The molecule has 6 heteroatoms. The van der Waals surface area contributed by atoms with Crippen LogP contribution < -0.4 is 0 Å². The average molecular weight is 217 g/mol. The van der Waals surface area contributed by atoms with Gasteiger partial charge < -0.3 is 0 Å². The lowest BCUT2D eigenvalue weighted by atomic mass is 10.7. The zero-order valence-corrected chi connectivity index (χ0v) is 8.55. The molecule has 1 aromatic heterocycles. The van der Waals surface area contributed by atoms with Crippen LogP contribution in [-0.2, 0) is 0 Å². The van der Waals surface area contributed by atoms with Crippen LogP contribution in [0, 0.1) is 0 Å². The van der Waals surface area contributed by atoms with Crippen LogP contribution in [0.1, 0.15) is 18.9 Å². The van der Waals surface area contributed by atoms with Gasteiger partial charge in [0.25, 0.3) is 0 Å². The fourth-order valence-corrected chi connectivity index (χ4v) is 1.83. The third-order valence-electron chi connectivity index (χ3n) is 1.71. The SMILES string of the molecule is C=C(Cl)CSc1nnnn1C1CC1. The Kier molecular flexibility index (Phi) is 2.55. The lowest BCUT2D eigenvalue weighted by Crippen LogP contribution is -1.98. The van der Waals surface area contributed by atoms with Crippen LogP contribution in [0.5, 0.6) is 0 Å². The van der Waals surface area contributed by atoms with E-state index in [1.54, 1.807) is 0 Å². The first kappa shape index (κ1) is 9.02. The van der Waals surface area contributed by atoms with Gasteiger partial charge >= 0.3 is 0 Å². The van der Waals surface area contributed by atoms with Crippen molar-refractivity contribution < 1.29 is 0 Å². The fourth-order valence-electron chi connectivity index (χ4n) is 0.972. The molecule has 1 aromatic rings. The summed E-state index contributed by atoms with van der Waals surface area (Å²) in [5.41, 5.74) is 0. The monoisotopic (exact) mass is 216 g/mol. The summed E-state index contributed by atoms with van der Waals surface area (Å²) in [5, 5.41) is 12.9. The quantitative estimate of drug-likeness (QED) is 0.721. The number of thioether (sulfide) groups is 1. The van der Waals surface area contributed by atoms with E-state index >= 15 is 0 Å². The normalized spacial score (nSPS) is 16.1. The van der Waals surface area contributed by atoms with E-state index in [1.165, 1.54) is 24.6 Å². The molecule has 0 atom stereocenters. The Bertz CT molecular complexity index is 320. The Morgan fingerprint density at radius 1 is 1.69 bits per heavy atom. The Labute approximate surface area is 85.3 Å². The Morgan fingerprint density at radius 2 is 2.46 bits per heavy atom. The highest BCUT2D eigenvalue weighted by molar-refractivity contribution is 7.99. The molecule has 1 aliphatic carbocycles. The number of halogens is 1. The summed E-state index contributed by atoms with van der Waals surface area (Å²) in [6.07, 6.45) is 2.36. The Morgan fingerprint density at radius 3 is 3.08 bits per heavy atom. The molecule has 0 spiro atoms. The van der Waals surface area contributed by atoms with E-state index in [2.05, 4.69) is 22.1 Å². The van der Waals surface area contributed by atoms with Crippen molar-refractivity contribution in [3.8, 4) is 0 Å². The number of hydrogen-bond acceptors (Lipinski definition) is 4. The highest BCUT2D eigenvalue weighted by atomic mass is 35.5. The largest absolute Gasteiger partial charge is 0.217 e. The van der Waals surface area contributed by atoms with Gasteiger partial charge in [0.1, 0.15) is 0 Å². The second kappa shape index (κ2) is 3.67. The van der Waals surface area contributed by atoms with Gasteiger partial charge in [0.05, 0.1) is 6.04 Å².